The average Bonchev–Trinajstić information content (AvgIpc) is 3.78. The molecule has 10 nitrogen and oxygen atoms in total. The lowest BCUT2D eigenvalue weighted by Gasteiger charge is -2.24. The van der Waals surface area contributed by atoms with Gasteiger partial charge in [-0.3, -0.25) is 9.67 Å². The van der Waals surface area contributed by atoms with Gasteiger partial charge in [-0.15, -0.1) is 4.68 Å². The van der Waals surface area contributed by atoms with Crippen molar-refractivity contribution in [3.05, 3.63) is 114 Å². The maximum absolute atomic E-state index is 15.3. The summed E-state index contributed by atoms with van der Waals surface area (Å²) in [6.07, 6.45) is 5.95. The number of halogens is 4. The molecule has 0 saturated carbocycles. The molecule has 0 spiro atoms. The Morgan fingerprint density at radius 3 is 2.49 bits per heavy atom. The van der Waals surface area contributed by atoms with E-state index in [2.05, 4.69) is 30.7 Å². The summed E-state index contributed by atoms with van der Waals surface area (Å²) in [6, 6.07) is 15.8. The normalized spacial score (nSPS) is 13.0. The molecule has 2 N–H and O–H groups in total. The van der Waals surface area contributed by atoms with Crippen LogP contribution in [-0.2, 0) is 0 Å². The molecule has 0 fully saturated rings. The van der Waals surface area contributed by atoms with Gasteiger partial charge in [0, 0.05) is 29.7 Å². The molecule has 206 valence electrons. The standard InChI is InChI=1S/C27H19ClF3N9O/c28-19-7-9-22(39-15-33-36-37-39)23(24(19)29)17-6-8-20(32-12-17)25(26(41)16-4-2-1-3-5-16)38-14-18(13-35-38)21-10-11-34-40(21)27(30)31/h1-15,25-27,41H/p+1/t25-,26+/m1/s1. The number of aliphatic hydroxyl groups is 1. The number of aromatic nitrogens is 9. The minimum Gasteiger partial charge on any atom is -0.386 e. The molecule has 0 aliphatic carbocycles. The van der Waals surface area contributed by atoms with Crippen LogP contribution >= 0.6 is 11.6 Å². The van der Waals surface area contributed by atoms with Crippen LogP contribution in [0.15, 0.2) is 91.8 Å². The number of aromatic amines is 1. The predicted octanol–water partition coefficient (Wildman–Crippen LogP) is 4.71. The summed E-state index contributed by atoms with van der Waals surface area (Å²) in [6.45, 7) is -2.84. The van der Waals surface area contributed by atoms with Crippen LogP contribution in [0.4, 0.5) is 13.2 Å². The van der Waals surface area contributed by atoms with Crippen LogP contribution in [0, 0.1) is 5.82 Å². The zero-order valence-corrected chi connectivity index (χ0v) is 21.7. The Balaban J connectivity index is 1.43. The number of tetrazole rings is 1. The minimum absolute atomic E-state index is 0.0783. The van der Waals surface area contributed by atoms with Gasteiger partial charge in [0.1, 0.15) is 22.9 Å². The molecule has 2 aromatic carbocycles. The van der Waals surface area contributed by atoms with Crippen molar-refractivity contribution in [3.63, 3.8) is 0 Å². The van der Waals surface area contributed by atoms with E-state index in [9.17, 15) is 13.9 Å². The Morgan fingerprint density at radius 1 is 0.951 bits per heavy atom. The second-order valence-corrected chi connectivity index (χ2v) is 9.38. The van der Waals surface area contributed by atoms with E-state index < -0.39 is 24.5 Å². The number of H-pyrrole nitrogens is 1. The van der Waals surface area contributed by atoms with Gasteiger partial charge in [-0.1, -0.05) is 53.2 Å². The Morgan fingerprint density at radius 2 is 1.78 bits per heavy atom. The first-order chi connectivity index (χ1) is 19.9. The van der Waals surface area contributed by atoms with Gasteiger partial charge in [-0.2, -0.15) is 19.0 Å². The van der Waals surface area contributed by atoms with Crippen LogP contribution in [-0.4, -0.2) is 45.2 Å². The van der Waals surface area contributed by atoms with Crippen molar-refractivity contribution >= 4 is 11.6 Å². The molecule has 0 radical (unpaired) electrons. The third-order valence-electron chi connectivity index (χ3n) is 6.57. The Kier molecular flexibility index (Phi) is 7.03. The summed E-state index contributed by atoms with van der Waals surface area (Å²) in [7, 11) is 0. The first-order valence-electron chi connectivity index (χ1n) is 12.2. The molecule has 0 aliphatic heterocycles. The van der Waals surface area contributed by atoms with Crippen molar-refractivity contribution in [1.82, 2.24) is 40.1 Å². The monoisotopic (exact) mass is 578 g/mol. The number of alkyl halides is 2. The molecule has 6 aromatic rings. The molecule has 4 heterocycles. The third kappa shape index (κ3) is 4.96. The van der Waals surface area contributed by atoms with Crippen molar-refractivity contribution in [1.29, 1.82) is 0 Å². The van der Waals surface area contributed by atoms with Crippen LogP contribution in [0.5, 0.6) is 0 Å². The first kappa shape index (κ1) is 26.3. The lowest BCUT2D eigenvalue weighted by Crippen LogP contribution is -2.33. The zero-order valence-electron chi connectivity index (χ0n) is 20.9. The third-order valence-corrected chi connectivity index (χ3v) is 6.86. The number of rotatable bonds is 8. The number of hydrogen-bond acceptors (Lipinski definition) is 6. The zero-order chi connectivity index (χ0) is 28.5. The van der Waals surface area contributed by atoms with Crippen LogP contribution in [0.3, 0.4) is 0 Å². The van der Waals surface area contributed by atoms with Gasteiger partial charge in [0.15, 0.2) is 11.0 Å². The average molecular weight is 579 g/mol. The van der Waals surface area contributed by atoms with Gasteiger partial charge in [0.2, 0.25) is 0 Å². The molecule has 0 aliphatic rings. The van der Waals surface area contributed by atoms with Crippen LogP contribution in [0.2, 0.25) is 5.02 Å². The van der Waals surface area contributed by atoms with Gasteiger partial charge in [0.05, 0.1) is 28.2 Å². The highest BCUT2D eigenvalue weighted by molar-refractivity contribution is 6.31. The maximum atomic E-state index is 15.3. The van der Waals surface area contributed by atoms with Gasteiger partial charge >= 0.3 is 6.55 Å². The summed E-state index contributed by atoms with van der Waals surface area (Å²) in [5.74, 6) is -0.658. The lowest BCUT2D eigenvalue weighted by molar-refractivity contribution is -0.659. The van der Waals surface area contributed by atoms with E-state index in [1.807, 2.05) is 6.07 Å². The number of hydrogen-bond donors (Lipinski definition) is 2. The fourth-order valence-corrected chi connectivity index (χ4v) is 4.79. The van der Waals surface area contributed by atoms with E-state index in [-0.39, 0.29) is 16.3 Å². The van der Waals surface area contributed by atoms with Crippen LogP contribution < -0.4 is 4.68 Å². The number of aliphatic hydroxyl groups excluding tert-OH is 1. The molecule has 4 aromatic heterocycles. The Labute approximate surface area is 235 Å². The molecule has 0 unspecified atom stereocenters. The van der Waals surface area contributed by atoms with E-state index in [4.69, 9.17) is 11.6 Å². The number of pyridine rings is 1. The van der Waals surface area contributed by atoms with Crippen molar-refractivity contribution < 1.29 is 23.0 Å². The number of nitrogens with zero attached hydrogens (tertiary/aromatic N) is 8. The molecule has 0 saturated heterocycles. The summed E-state index contributed by atoms with van der Waals surface area (Å²) < 4.78 is 45.7. The fraction of sp³-hybridized carbons (Fsp3) is 0.111. The van der Waals surface area contributed by atoms with E-state index in [1.54, 1.807) is 48.7 Å². The Hall–Kier alpha value is -4.88. The quantitative estimate of drug-likeness (QED) is 0.253. The second kappa shape index (κ2) is 10.9. The summed E-state index contributed by atoms with van der Waals surface area (Å²) in [5, 5.41) is 29.5. The molecule has 0 amide bonds. The van der Waals surface area contributed by atoms with Gasteiger partial charge in [-0.25, -0.2) is 9.07 Å². The maximum Gasteiger partial charge on any atom is 0.333 e. The van der Waals surface area contributed by atoms with Crippen molar-refractivity contribution in [2.45, 2.75) is 18.7 Å². The summed E-state index contributed by atoms with van der Waals surface area (Å²) in [5.41, 5.74) is 2.49. The fourth-order valence-electron chi connectivity index (χ4n) is 4.63. The number of benzene rings is 2. The largest absolute Gasteiger partial charge is 0.386 e. The smallest absolute Gasteiger partial charge is 0.333 e. The lowest BCUT2D eigenvalue weighted by atomic mass is 9.98. The van der Waals surface area contributed by atoms with Crippen LogP contribution in [0.25, 0.3) is 28.1 Å². The molecule has 41 heavy (non-hydrogen) atoms. The number of nitrogens with one attached hydrogen (secondary N) is 1. The highest BCUT2D eigenvalue weighted by Gasteiger charge is 2.28. The molecule has 2 atom stereocenters. The van der Waals surface area contributed by atoms with Gasteiger partial charge in [0.25, 0.3) is 6.33 Å². The van der Waals surface area contributed by atoms with Crippen molar-refractivity contribution in [2.75, 3.05) is 0 Å². The summed E-state index contributed by atoms with van der Waals surface area (Å²) >= 11 is 6.10. The SMILES string of the molecule is O[C@@H](c1ccccc1)[C@@H](c1ccc(-c2c(-[n+]3cnn[nH]3)ccc(Cl)c2F)cn1)n1cc(-c2ccnn2C(F)F)cn1. The van der Waals surface area contributed by atoms with Gasteiger partial charge < -0.3 is 5.11 Å². The molecule has 0 bridgehead atoms. The highest BCUT2D eigenvalue weighted by Crippen LogP contribution is 2.35. The summed E-state index contributed by atoms with van der Waals surface area (Å²) in [4.78, 5) is 4.57. The van der Waals surface area contributed by atoms with Crippen LogP contribution in [0.1, 0.15) is 30.0 Å². The highest BCUT2D eigenvalue weighted by atomic mass is 35.5. The van der Waals surface area contributed by atoms with E-state index in [1.165, 1.54) is 46.4 Å². The first-order valence-corrected chi connectivity index (χ1v) is 12.6. The Bertz CT molecular complexity index is 1770. The van der Waals surface area contributed by atoms with Gasteiger partial charge in [-0.05, 0) is 29.8 Å². The van der Waals surface area contributed by atoms with Crippen molar-refractivity contribution in [2.24, 2.45) is 0 Å². The molecule has 6 rings (SSSR count). The van der Waals surface area contributed by atoms with E-state index >= 15 is 4.39 Å². The molecular weight excluding hydrogens is 559 g/mol. The minimum atomic E-state index is -2.84. The van der Waals surface area contributed by atoms with E-state index in [0.717, 1.165) is 0 Å². The topological polar surface area (TPSA) is 114 Å². The molecular formula is C27H20ClF3N9O+. The predicted molar refractivity (Wildman–Crippen MR) is 140 cm³/mol. The van der Waals surface area contributed by atoms with E-state index in [0.29, 0.717) is 32.8 Å². The van der Waals surface area contributed by atoms with Crippen molar-refractivity contribution in [3.8, 4) is 28.1 Å². The second-order valence-electron chi connectivity index (χ2n) is 8.98. The molecule has 14 heteroatoms.